The molecule has 0 saturated heterocycles. The Bertz CT molecular complexity index is 757. The quantitative estimate of drug-likeness (QED) is 0.357. The highest BCUT2D eigenvalue weighted by Crippen LogP contribution is 2.20. The van der Waals surface area contributed by atoms with Gasteiger partial charge in [0, 0.05) is 36.1 Å². The number of hydrogen-bond acceptors (Lipinski definition) is 4. The zero-order chi connectivity index (χ0) is 14.0. The molecule has 1 aromatic carbocycles. The van der Waals surface area contributed by atoms with Crippen LogP contribution in [0.1, 0.15) is 10.4 Å². The standard InChI is InChI=1S/C12H10N4O3/c1-16(2)8-4-3-7-5-9(11(17)14-15-13)12(18)19-10(7)6-8/h3-6H,1-2H3. The summed E-state index contributed by atoms with van der Waals surface area (Å²) in [5.74, 6) is -0.949. The molecule has 1 aromatic heterocycles. The van der Waals surface area contributed by atoms with Crippen molar-refractivity contribution in [3.8, 4) is 0 Å². The molecule has 0 radical (unpaired) electrons. The van der Waals surface area contributed by atoms with E-state index in [0.29, 0.717) is 11.0 Å². The Kier molecular flexibility index (Phi) is 3.22. The predicted molar refractivity (Wildman–Crippen MR) is 70.3 cm³/mol. The van der Waals surface area contributed by atoms with E-state index in [1.807, 2.05) is 25.1 Å². The second-order valence-corrected chi connectivity index (χ2v) is 4.06. The highest BCUT2D eigenvalue weighted by Gasteiger charge is 2.12. The molecular formula is C12H10N4O3. The van der Waals surface area contributed by atoms with Crippen LogP contribution in [0.5, 0.6) is 0 Å². The molecule has 1 amide bonds. The van der Waals surface area contributed by atoms with Gasteiger partial charge in [-0.3, -0.25) is 4.79 Å². The SMILES string of the molecule is CN(C)c1ccc2cc(C(=O)N=[N+]=[N-])c(=O)oc2c1. The number of fused-ring (bicyclic) bond motifs is 1. The van der Waals surface area contributed by atoms with Crippen molar-refractivity contribution >= 4 is 22.6 Å². The smallest absolute Gasteiger partial charge is 0.347 e. The highest BCUT2D eigenvalue weighted by molar-refractivity contribution is 5.97. The second kappa shape index (κ2) is 4.83. The average Bonchev–Trinajstić information content (AvgIpc) is 2.37. The van der Waals surface area contributed by atoms with Crippen molar-refractivity contribution in [2.75, 3.05) is 19.0 Å². The van der Waals surface area contributed by atoms with E-state index in [2.05, 4.69) is 10.0 Å². The Morgan fingerprint density at radius 3 is 2.74 bits per heavy atom. The second-order valence-electron chi connectivity index (χ2n) is 4.06. The summed E-state index contributed by atoms with van der Waals surface area (Å²) in [4.78, 5) is 27.3. The monoisotopic (exact) mass is 258 g/mol. The van der Waals surface area contributed by atoms with E-state index in [1.165, 1.54) is 6.07 Å². The molecule has 0 aliphatic carbocycles. The van der Waals surface area contributed by atoms with Gasteiger partial charge in [-0.1, -0.05) is 0 Å². The summed E-state index contributed by atoms with van der Waals surface area (Å²) < 4.78 is 5.06. The summed E-state index contributed by atoms with van der Waals surface area (Å²) in [5, 5.41) is 3.47. The molecule has 0 N–H and O–H groups in total. The molecule has 7 nitrogen and oxygen atoms in total. The van der Waals surface area contributed by atoms with Crippen LogP contribution in [0.3, 0.4) is 0 Å². The molecule has 0 atom stereocenters. The zero-order valence-corrected chi connectivity index (χ0v) is 10.3. The molecule has 7 heteroatoms. The van der Waals surface area contributed by atoms with E-state index >= 15 is 0 Å². The normalized spacial score (nSPS) is 10.0. The largest absolute Gasteiger partial charge is 0.422 e. The van der Waals surface area contributed by atoms with Crippen molar-refractivity contribution < 1.29 is 9.21 Å². The minimum absolute atomic E-state index is 0.275. The summed E-state index contributed by atoms with van der Waals surface area (Å²) in [6.45, 7) is 0. The van der Waals surface area contributed by atoms with Gasteiger partial charge in [-0.2, -0.15) is 0 Å². The number of rotatable bonds is 2. The zero-order valence-electron chi connectivity index (χ0n) is 10.3. The van der Waals surface area contributed by atoms with Crippen molar-refractivity contribution in [2.24, 2.45) is 5.11 Å². The molecule has 0 spiro atoms. The molecule has 0 unspecified atom stereocenters. The molecule has 0 aliphatic rings. The average molecular weight is 258 g/mol. The number of anilines is 1. The van der Waals surface area contributed by atoms with E-state index < -0.39 is 11.5 Å². The Morgan fingerprint density at radius 2 is 2.11 bits per heavy atom. The molecule has 0 fully saturated rings. The predicted octanol–water partition coefficient (Wildman–Crippen LogP) is 2.31. The van der Waals surface area contributed by atoms with Crippen molar-refractivity contribution in [1.82, 2.24) is 0 Å². The molecule has 96 valence electrons. The van der Waals surface area contributed by atoms with Gasteiger partial charge in [0.2, 0.25) is 0 Å². The van der Waals surface area contributed by atoms with E-state index in [0.717, 1.165) is 5.69 Å². The van der Waals surface area contributed by atoms with Gasteiger partial charge >= 0.3 is 5.63 Å². The van der Waals surface area contributed by atoms with Crippen LogP contribution in [0.2, 0.25) is 0 Å². The van der Waals surface area contributed by atoms with Gasteiger partial charge in [0.1, 0.15) is 11.1 Å². The van der Waals surface area contributed by atoms with Gasteiger partial charge in [-0.25, -0.2) is 4.79 Å². The van der Waals surface area contributed by atoms with Crippen LogP contribution in [0, 0.1) is 0 Å². The molecule has 2 rings (SSSR count). The first-order valence-corrected chi connectivity index (χ1v) is 5.37. The molecule has 2 aromatic rings. The number of carbonyl (C=O) groups excluding carboxylic acids is 1. The van der Waals surface area contributed by atoms with Gasteiger partial charge in [0.05, 0.1) is 0 Å². The topological polar surface area (TPSA) is 99.3 Å². The highest BCUT2D eigenvalue weighted by atomic mass is 16.4. The fourth-order valence-corrected chi connectivity index (χ4v) is 1.62. The van der Waals surface area contributed by atoms with Crippen LogP contribution in [0.25, 0.3) is 21.4 Å². The lowest BCUT2D eigenvalue weighted by molar-refractivity contribution is 0.0997. The minimum atomic E-state index is -0.949. The molecular weight excluding hydrogens is 248 g/mol. The summed E-state index contributed by atoms with van der Waals surface area (Å²) in [5.41, 5.74) is 8.34. The third-order valence-electron chi connectivity index (χ3n) is 2.60. The number of benzene rings is 1. The van der Waals surface area contributed by atoms with Gasteiger partial charge in [0.15, 0.2) is 0 Å². The fourth-order valence-electron chi connectivity index (χ4n) is 1.62. The van der Waals surface area contributed by atoms with E-state index in [-0.39, 0.29) is 5.56 Å². The van der Waals surface area contributed by atoms with Gasteiger partial charge < -0.3 is 9.32 Å². The Hall–Kier alpha value is -2.79. The van der Waals surface area contributed by atoms with Crippen LogP contribution < -0.4 is 10.5 Å². The number of hydrogen-bond donors (Lipinski definition) is 0. The number of azide groups is 1. The van der Waals surface area contributed by atoms with Crippen molar-refractivity contribution in [3.05, 3.63) is 50.7 Å². The van der Waals surface area contributed by atoms with Gasteiger partial charge in [-0.15, -0.1) is 0 Å². The lowest BCUT2D eigenvalue weighted by Gasteiger charge is -2.12. The number of nitrogens with zero attached hydrogens (tertiary/aromatic N) is 4. The molecule has 0 aliphatic heterocycles. The molecule has 0 saturated carbocycles. The van der Waals surface area contributed by atoms with Crippen molar-refractivity contribution in [2.45, 2.75) is 0 Å². The van der Waals surface area contributed by atoms with Crippen LogP contribution in [0.4, 0.5) is 5.69 Å². The van der Waals surface area contributed by atoms with Crippen molar-refractivity contribution in [1.29, 1.82) is 0 Å². The summed E-state index contributed by atoms with van der Waals surface area (Å²) in [6.07, 6.45) is 0. The number of amides is 1. The van der Waals surface area contributed by atoms with Crippen LogP contribution in [0.15, 0.2) is 38.6 Å². The molecule has 1 heterocycles. The maximum Gasteiger partial charge on any atom is 0.347 e. The fraction of sp³-hybridized carbons (Fsp3) is 0.167. The van der Waals surface area contributed by atoms with E-state index in [9.17, 15) is 9.59 Å². The first-order chi connectivity index (χ1) is 9.02. The Morgan fingerprint density at radius 1 is 1.37 bits per heavy atom. The Balaban J connectivity index is 2.65. The van der Waals surface area contributed by atoms with E-state index in [1.54, 1.807) is 12.1 Å². The van der Waals surface area contributed by atoms with Gasteiger partial charge in [0.25, 0.3) is 5.91 Å². The van der Waals surface area contributed by atoms with Crippen LogP contribution in [-0.2, 0) is 0 Å². The number of carbonyl (C=O) groups is 1. The maximum absolute atomic E-state index is 11.6. The lowest BCUT2D eigenvalue weighted by atomic mass is 10.1. The lowest BCUT2D eigenvalue weighted by Crippen LogP contribution is -2.12. The maximum atomic E-state index is 11.6. The summed E-state index contributed by atoms with van der Waals surface area (Å²) in [6, 6.07) is 6.60. The third kappa shape index (κ3) is 2.41. The molecule has 19 heavy (non-hydrogen) atoms. The summed E-state index contributed by atoms with van der Waals surface area (Å²) >= 11 is 0. The first-order valence-electron chi connectivity index (χ1n) is 5.37. The van der Waals surface area contributed by atoms with E-state index in [4.69, 9.17) is 9.95 Å². The van der Waals surface area contributed by atoms with Crippen LogP contribution in [-0.4, -0.2) is 20.0 Å². The van der Waals surface area contributed by atoms with Crippen LogP contribution >= 0.6 is 0 Å². The summed E-state index contributed by atoms with van der Waals surface area (Å²) in [7, 11) is 3.72. The van der Waals surface area contributed by atoms with Gasteiger partial charge in [-0.05, 0) is 28.8 Å². The molecule has 0 bridgehead atoms. The van der Waals surface area contributed by atoms with Crippen molar-refractivity contribution in [3.63, 3.8) is 0 Å². The first kappa shape index (κ1) is 12.7. The minimum Gasteiger partial charge on any atom is -0.422 e. The Labute approximate surface area is 107 Å². The third-order valence-corrected chi connectivity index (χ3v) is 2.60.